The fourth-order valence-electron chi connectivity index (χ4n) is 2.56. The molecule has 1 fully saturated rings. The lowest BCUT2D eigenvalue weighted by molar-refractivity contribution is 0.435. The third kappa shape index (κ3) is 2.72. The van der Waals surface area contributed by atoms with E-state index < -0.39 is 0 Å². The Labute approximate surface area is 109 Å². The lowest BCUT2D eigenvalue weighted by Gasteiger charge is -2.20. The van der Waals surface area contributed by atoms with Crippen molar-refractivity contribution in [3.8, 4) is 0 Å². The number of anilines is 2. The second kappa shape index (κ2) is 5.52. The Morgan fingerprint density at radius 2 is 2.00 bits per heavy atom. The molecule has 5 heteroatoms. The van der Waals surface area contributed by atoms with Crippen molar-refractivity contribution in [2.45, 2.75) is 46.1 Å². The van der Waals surface area contributed by atoms with Crippen molar-refractivity contribution in [3.05, 3.63) is 11.9 Å². The quantitative estimate of drug-likeness (QED) is 0.563. The van der Waals surface area contributed by atoms with Crippen molar-refractivity contribution in [1.29, 1.82) is 0 Å². The molecule has 3 atom stereocenters. The normalized spacial score (nSPS) is 27.2. The molecule has 1 aromatic rings. The van der Waals surface area contributed by atoms with Crippen molar-refractivity contribution in [1.82, 2.24) is 9.97 Å². The number of hydrogen-bond acceptors (Lipinski definition) is 5. The molecule has 5 nitrogen and oxygen atoms in total. The minimum absolute atomic E-state index is 0.505. The second-order valence-electron chi connectivity index (χ2n) is 5.22. The summed E-state index contributed by atoms with van der Waals surface area (Å²) in [6, 6.07) is 2.37. The zero-order valence-corrected chi connectivity index (χ0v) is 11.4. The van der Waals surface area contributed by atoms with Crippen molar-refractivity contribution in [2.24, 2.45) is 17.7 Å². The summed E-state index contributed by atoms with van der Waals surface area (Å²) < 4.78 is 0. The minimum Gasteiger partial charge on any atom is -0.367 e. The van der Waals surface area contributed by atoms with Crippen LogP contribution in [0.2, 0.25) is 0 Å². The van der Waals surface area contributed by atoms with Crippen LogP contribution in [-0.2, 0) is 6.42 Å². The van der Waals surface area contributed by atoms with Gasteiger partial charge in [0.1, 0.15) is 17.5 Å². The molecule has 0 saturated heterocycles. The number of aryl methyl sites for hydroxylation is 1. The summed E-state index contributed by atoms with van der Waals surface area (Å²) in [6.45, 7) is 6.66. The Bertz CT molecular complexity index is 384. The van der Waals surface area contributed by atoms with Crippen LogP contribution in [0.25, 0.3) is 0 Å². The minimum atomic E-state index is 0.505. The van der Waals surface area contributed by atoms with E-state index in [0.717, 1.165) is 24.0 Å². The van der Waals surface area contributed by atoms with Crippen LogP contribution in [0.15, 0.2) is 6.07 Å². The van der Waals surface area contributed by atoms with Gasteiger partial charge < -0.3 is 10.7 Å². The number of nitrogens with one attached hydrogen (secondary N) is 2. The number of aromatic nitrogens is 2. The molecule has 0 radical (unpaired) electrons. The van der Waals surface area contributed by atoms with Crippen molar-refractivity contribution in [2.75, 3.05) is 10.7 Å². The molecule has 0 amide bonds. The standard InChI is InChI=1S/C13H23N5/c1-4-11-16-12(7-13(17-11)18-14)15-10-6-5-8(2)9(10)3/h7-10H,4-6,14H2,1-3H3,(H2,15,16,17,18). The predicted molar refractivity (Wildman–Crippen MR) is 74.2 cm³/mol. The van der Waals surface area contributed by atoms with Crippen LogP contribution in [0.3, 0.4) is 0 Å². The first-order valence-corrected chi connectivity index (χ1v) is 6.75. The number of hydrogen-bond donors (Lipinski definition) is 3. The molecule has 0 spiro atoms. The number of hydrazine groups is 1. The van der Waals surface area contributed by atoms with E-state index in [1.165, 1.54) is 12.8 Å². The van der Waals surface area contributed by atoms with Gasteiger partial charge in [-0.2, -0.15) is 0 Å². The van der Waals surface area contributed by atoms with Gasteiger partial charge in [-0.15, -0.1) is 0 Å². The van der Waals surface area contributed by atoms with E-state index in [1.54, 1.807) is 0 Å². The first kappa shape index (κ1) is 13.1. The topological polar surface area (TPSA) is 75.9 Å². The van der Waals surface area contributed by atoms with Crippen molar-refractivity contribution in [3.63, 3.8) is 0 Å². The Balaban J connectivity index is 2.13. The molecule has 0 aromatic carbocycles. The molecule has 1 aliphatic carbocycles. The lowest BCUT2D eigenvalue weighted by Crippen LogP contribution is -2.25. The maximum atomic E-state index is 5.43. The van der Waals surface area contributed by atoms with E-state index >= 15 is 0 Å². The average Bonchev–Trinajstić information content (AvgIpc) is 2.70. The van der Waals surface area contributed by atoms with Gasteiger partial charge in [-0.25, -0.2) is 15.8 Å². The molecule has 1 aliphatic rings. The maximum absolute atomic E-state index is 5.43. The van der Waals surface area contributed by atoms with Gasteiger partial charge in [0.05, 0.1) is 0 Å². The van der Waals surface area contributed by atoms with Gasteiger partial charge >= 0.3 is 0 Å². The molecule has 100 valence electrons. The number of nitrogens with zero attached hydrogens (tertiary/aromatic N) is 2. The maximum Gasteiger partial charge on any atom is 0.145 e. The Morgan fingerprint density at radius 1 is 1.28 bits per heavy atom. The van der Waals surface area contributed by atoms with Gasteiger partial charge in [-0.3, -0.25) is 0 Å². The fourth-order valence-corrected chi connectivity index (χ4v) is 2.56. The predicted octanol–water partition coefficient (Wildman–Crippen LogP) is 2.17. The monoisotopic (exact) mass is 249 g/mol. The van der Waals surface area contributed by atoms with E-state index in [2.05, 4.69) is 34.6 Å². The molecule has 1 saturated carbocycles. The Kier molecular flexibility index (Phi) is 4.01. The highest BCUT2D eigenvalue weighted by Crippen LogP contribution is 2.33. The molecular weight excluding hydrogens is 226 g/mol. The molecule has 2 rings (SSSR count). The van der Waals surface area contributed by atoms with Gasteiger partial charge in [-0.05, 0) is 24.7 Å². The molecule has 3 unspecified atom stereocenters. The number of nitrogen functional groups attached to an aromatic ring is 1. The van der Waals surface area contributed by atoms with Crippen molar-refractivity contribution >= 4 is 11.6 Å². The summed E-state index contributed by atoms with van der Waals surface area (Å²) in [5, 5.41) is 3.52. The summed E-state index contributed by atoms with van der Waals surface area (Å²) in [5.74, 6) is 9.25. The van der Waals surface area contributed by atoms with E-state index in [9.17, 15) is 0 Å². The van der Waals surface area contributed by atoms with Gasteiger partial charge in [0, 0.05) is 18.5 Å². The van der Waals surface area contributed by atoms with Gasteiger partial charge in [0.15, 0.2) is 0 Å². The summed E-state index contributed by atoms with van der Waals surface area (Å²) in [7, 11) is 0. The van der Waals surface area contributed by atoms with Crippen LogP contribution in [0.4, 0.5) is 11.6 Å². The zero-order valence-electron chi connectivity index (χ0n) is 11.4. The van der Waals surface area contributed by atoms with Gasteiger partial charge in [0.25, 0.3) is 0 Å². The largest absolute Gasteiger partial charge is 0.367 e. The number of rotatable bonds is 4. The van der Waals surface area contributed by atoms with Crippen LogP contribution in [-0.4, -0.2) is 16.0 Å². The van der Waals surface area contributed by atoms with Crippen LogP contribution < -0.4 is 16.6 Å². The summed E-state index contributed by atoms with van der Waals surface area (Å²) in [4.78, 5) is 8.80. The fraction of sp³-hybridized carbons (Fsp3) is 0.692. The molecule has 1 heterocycles. The highest BCUT2D eigenvalue weighted by atomic mass is 15.3. The first-order valence-electron chi connectivity index (χ1n) is 6.75. The van der Waals surface area contributed by atoms with Crippen LogP contribution in [0.5, 0.6) is 0 Å². The highest BCUT2D eigenvalue weighted by molar-refractivity contribution is 5.47. The number of nitrogens with two attached hydrogens (primary N) is 1. The smallest absolute Gasteiger partial charge is 0.145 e. The third-order valence-electron chi connectivity index (χ3n) is 4.04. The van der Waals surface area contributed by atoms with Gasteiger partial charge in [-0.1, -0.05) is 20.8 Å². The molecule has 0 aliphatic heterocycles. The third-order valence-corrected chi connectivity index (χ3v) is 4.04. The van der Waals surface area contributed by atoms with E-state index in [-0.39, 0.29) is 0 Å². The SMILES string of the molecule is CCc1nc(NN)cc(NC2CCC(C)C2C)n1. The zero-order chi connectivity index (χ0) is 13.1. The first-order chi connectivity index (χ1) is 8.63. The molecular formula is C13H23N5. The lowest BCUT2D eigenvalue weighted by atomic mass is 9.98. The van der Waals surface area contributed by atoms with E-state index in [1.807, 2.05) is 13.0 Å². The second-order valence-corrected chi connectivity index (χ2v) is 5.22. The van der Waals surface area contributed by atoms with Gasteiger partial charge in [0.2, 0.25) is 0 Å². The van der Waals surface area contributed by atoms with E-state index in [0.29, 0.717) is 17.8 Å². The summed E-state index contributed by atoms with van der Waals surface area (Å²) in [5.41, 5.74) is 2.60. The van der Waals surface area contributed by atoms with E-state index in [4.69, 9.17) is 5.84 Å². The molecule has 0 bridgehead atoms. The summed E-state index contributed by atoms with van der Waals surface area (Å²) in [6.07, 6.45) is 3.30. The molecule has 4 N–H and O–H groups in total. The Hall–Kier alpha value is -1.36. The van der Waals surface area contributed by atoms with Crippen molar-refractivity contribution < 1.29 is 0 Å². The Morgan fingerprint density at radius 3 is 2.56 bits per heavy atom. The summed E-state index contributed by atoms with van der Waals surface area (Å²) >= 11 is 0. The molecule has 18 heavy (non-hydrogen) atoms. The van der Waals surface area contributed by atoms with Crippen LogP contribution in [0.1, 0.15) is 39.4 Å². The average molecular weight is 249 g/mol. The highest BCUT2D eigenvalue weighted by Gasteiger charge is 2.29. The van der Waals surface area contributed by atoms with Crippen LogP contribution in [0, 0.1) is 11.8 Å². The van der Waals surface area contributed by atoms with Crippen LogP contribution >= 0.6 is 0 Å². The molecule has 1 aromatic heterocycles.